The Hall–Kier alpha value is -2.82. The number of carbonyl (C=O) groups excluding carboxylic acids is 1. The third-order valence-electron chi connectivity index (χ3n) is 4.49. The van der Waals surface area contributed by atoms with Gasteiger partial charge in [0.2, 0.25) is 5.91 Å². The van der Waals surface area contributed by atoms with Gasteiger partial charge in [-0.15, -0.1) is 28.5 Å². The summed E-state index contributed by atoms with van der Waals surface area (Å²) < 4.78 is 1.92. The molecule has 1 aromatic heterocycles. The Morgan fingerprint density at radius 2 is 2.00 bits per heavy atom. The van der Waals surface area contributed by atoms with Gasteiger partial charge in [-0.3, -0.25) is 14.9 Å². The number of carbonyl (C=O) groups is 1. The predicted molar refractivity (Wildman–Crippen MR) is 134 cm³/mol. The number of rotatable bonds is 11. The second-order valence-electron chi connectivity index (χ2n) is 7.03. The maximum absolute atomic E-state index is 12.4. The highest BCUT2D eigenvalue weighted by molar-refractivity contribution is 7.99. The van der Waals surface area contributed by atoms with Crippen molar-refractivity contribution in [3.05, 3.63) is 87.2 Å². The number of aryl methyl sites for hydroxylation is 1. The van der Waals surface area contributed by atoms with E-state index in [1.807, 2.05) is 4.57 Å². The normalized spacial score (nSPS) is 10.7. The number of nitrogens with one attached hydrogen (secondary N) is 1. The first-order chi connectivity index (χ1) is 15.9. The summed E-state index contributed by atoms with van der Waals surface area (Å²) in [6, 6.07) is 12.3. The minimum atomic E-state index is -0.545. The summed E-state index contributed by atoms with van der Waals surface area (Å²) in [5.74, 6) is 2.02. The van der Waals surface area contributed by atoms with Crippen LogP contribution in [0.4, 0.5) is 11.4 Å². The van der Waals surface area contributed by atoms with Gasteiger partial charge in [0.15, 0.2) is 5.16 Å². The van der Waals surface area contributed by atoms with Crippen LogP contribution < -0.4 is 5.32 Å². The average Bonchev–Trinajstić information content (AvgIpc) is 3.17. The first-order valence-corrected chi connectivity index (χ1v) is 12.4. The van der Waals surface area contributed by atoms with Gasteiger partial charge in [0.1, 0.15) is 5.82 Å². The van der Waals surface area contributed by atoms with Gasteiger partial charge in [-0.2, -0.15) is 0 Å². The summed E-state index contributed by atoms with van der Waals surface area (Å²) in [6.45, 7) is 6.38. The minimum absolute atomic E-state index is 0.0464. The van der Waals surface area contributed by atoms with Crippen molar-refractivity contribution >= 4 is 52.4 Å². The first-order valence-electron chi connectivity index (χ1n) is 9.90. The Morgan fingerprint density at radius 1 is 1.24 bits per heavy atom. The topological polar surface area (TPSA) is 103 Å². The van der Waals surface area contributed by atoms with E-state index >= 15 is 0 Å². The van der Waals surface area contributed by atoms with E-state index in [9.17, 15) is 14.9 Å². The number of nitrogens with zero attached hydrogens (tertiary/aromatic N) is 4. The zero-order valence-electron chi connectivity index (χ0n) is 17.9. The molecule has 0 saturated carbocycles. The van der Waals surface area contributed by atoms with E-state index in [1.54, 1.807) is 17.8 Å². The zero-order chi connectivity index (χ0) is 23.8. The number of hydrogen-bond acceptors (Lipinski definition) is 7. The van der Waals surface area contributed by atoms with Crippen LogP contribution in [0.25, 0.3) is 0 Å². The van der Waals surface area contributed by atoms with Gasteiger partial charge in [0.25, 0.3) is 5.69 Å². The maximum Gasteiger partial charge on any atom is 0.271 e. The van der Waals surface area contributed by atoms with Crippen molar-refractivity contribution in [1.29, 1.82) is 0 Å². The molecule has 0 aliphatic rings. The second-order valence-corrected chi connectivity index (χ2v) is 9.37. The minimum Gasteiger partial charge on any atom is -0.324 e. The summed E-state index contributed by atoms with van der Waals surface area (Å²) in [6.07, 6.45) is 1.75. The van der Waals surface area contributed by atoms with E-state index in [0.29, 0.717) is 17.5 Å². The molecule has 3 aromatic rings. The van der Waals surface area contributed by atoms with Crippen molar-refractivity contribution in [3.8, 4) is 0 Å². The average molecular weight is 504 g/mol. The lowest BCUT2D eigenvalue weighted by molar-refractivity contribution is -0.384. The number of amides is 1. The van der Waals surface area contributed by atoms with E-state index in [1.165, 1.54) is 41.1 Å². The van der Waals surface area contributed by atoms with Gasteiger partial charge in [-0.05, 0) is 18.6 Å². The fraction of sp³-hybridized carbons (Fsp3) is 0.227. The van der Waals surface area contributed by atoms with E-state index in [2.05, 4.69) is 53.3 Å². The van der Waals surface area contributed by atoms with Gasteiger partial charge >= 0.3 is 0 Å². The molecule has 0 aliphatic carbocycles. The number of allylic oxidation sites excluding steroid dienone is 1. The van der Waals surface area contributed by atoms with Crippen LogP contribution in [0.2, 0.25) is 5.02 Å². The molecule has 2 aromatic carbocycles. The van der Waals surface area contributed by atoms with Gasteiger partial charge in [-0.25, -0.2) is 0 Å². The number of nitro groups is 1. The van der Waals surface area contributed by atoms with E-state index in [4.69, 9.17) is 11.6 Å². The summed E-state index contributed by atoms with van der Waals surface area (Å²) in [4.78, 5) is 22.8. The van der Waals surface area contributed by atoms with Crippen molar-refractivity contribution in [1.82, 2.24) is 14.8 Å². The fourth-order valence-electron chi connectivity index (χ4n) is 2.83. The molecule has 172 valence electrons. The maximum atomic E-state index is 12.4. The van der Waals surface area contributed by atoms with Crippen LogP contribution in [0.3, 0.4) is 0 Å². The first kappa shape index (κ1) is 24.8. The molecule has 0 fully saturated rings. The highest BCUT2D eigenvalue weighted by Gasteiger charge is 2.16. The molecule has 0 bridgehead atoms. The number of nitro benzene ring substituents is 1. The van der Waals surface area contributed by atoms with Crippen LogP contribution in [0.1, 0.15) is 17.0 Å². The molecule has 0 spiro atoms. The largest absolute Gasteiger partial charge is 0.324 e. The highest BCUT2D eigenvalue weighted by Crippen LogP contribution is 2.27. The Labute approximate surface area is 205 Å². The molecule has 3 rings (SSSR count). The molecule has 8 nitrogen and oxygen atoms in total. The quantitative estimate of drug-likeness (QED) is 0.159. The zero-order valence-corrected chi connectivity index (χ0v) is 20.3. The van der Waals surface area contributed by atoms with E-state index < -0.39 is 4.92 Å². The van der Waals surface area contributed by atoms with Gasteiger partial charge < -0.3 is 9.88 Å². The number of thioether (sulfide) groups is 2. The third kappa shape index (κ3) is 7.08. The number of hydrogen-bond donors (Lipinski definition) is 1. The van der Waals surface area contributed by atoms with Crippen molar-refractivity contribution < 1.29 is 9.72 Å². The SMILES string of the molecule is C=CCn1c(CSCc2ccc(C)cc2)nnc1SCC(=O)Nc1cc([N+](=O)[O-])ccc1Cl. The van der Waals surface area contributed by atoms with Crippen LogP contribution >= 0.6 is 35.1 Å². The Morgan fingerprint density at radius 3 is 2.70 bits per heavy atom. The van der Waals surface area contributed by atoms with Crippen LogP contribution in [0.15, 0.2) is 60.3 Å². The fourth-order valence-corrected chi connectivity index (χ4v) is 4.69. The Bertz CT molecular complexity index is 1150. The van der Waals surface area contributed by atoms with Crippen molar-refractivity contribution in [2.45, 2.75) is 30.1 Å². The molecule has 0 saturated heterocycles. The Kier molecular flexibility index (Phi) is 8.93. The number of halogens is 1. The molecule has 1 amide bonds. The van der Waals surface area contributed by atoms with Gasteiger partial charge in [0, 0.05) is 24.4 Å². The molecular weight excluding hydrogens is 482 g/mol. The lowest BCUT2D eigenvalue weighted by Gasteiger charge is -2.09. The molecule has 11 heteroatoms. The number of aromatic nitrogens is 3. The molecule has 33 heavy (non-hydrogen) atoms. The number of non-ortho nitro benzene ring substituents is 1. The summed E-state index contributed by atoms with van der Waals surface area (Å²) in [7, 11) is 0. The Balaban J connectivity index is 1.59. The van der Waals surface area contributed by atoms with E-state index in [-0.39, 0.29) is 28.1 Å². The second kappa shape index (κ2) is 11.9. The van der Waals surface area contributed by atoms with Gasteiger partial charge in [0.05, 0.1) is 27.1 Å². The number of anilines is 1. The third-order valence-corrected chi connectivity index (χ3v) is 6.79. The standard InChI is InChI=1S/C22H22ClN5O3S2/c1-3-10-27-20(13-32-12-16-6-4-15(2)5-7-16)25-26-22(27)33-14-21(29)24-19-11-17(28(30)31)8-9-18(19)23/h3-9,11H,1,10,12-14H2,2H3,(H,24,29). The van der Waals surface area contributed by atoms with Crippen molar-refractivity contribution in [2.75, 3.05) is 11.1 Å². The lowest BCUT2D eigenvalue weighted by Crippen LogP contribution is -2.15. The number of benzene rings is 2. The van der Waals surface area contributed by atoms with Crippen molar-refractivity contribution in [2.24, 2.45) is 0 Å². The van der Waals surface area contributed by atoms with Crippen LogP contribution in [-0.2, 0) is 22.8 Å². The highest BCUT2D eigenvalue weighted by atomic mass is 35.5. The monoisotopic (exact) mass is 503 g/mol. The van der Waals surface area contributed by atoms with Crippen LogP contribution in [-0.4, -0.2) is 31.3 Å². The van der Waals surface area contributed by atoms with Crippen molar-refractivity contribution in [3.63, 3.8) is 0 Å². The predicted octanol–water partition coefficient (Wildman–Crippen LogP) is 5.50. The molecule has 0 unspecified atom stereocenters. The summed E-state index contributed by atoms with van der Waals surface area (Å²) in [5.41, 5.74) is 2.51. The molecule has 0 atom stereocenters. The smallest absolute Gasteiger partial charge is 0.271 e. The lowest BCUT2D eigenvalue weighted by atomic mass is 10.2. The molecule has 1 heterocycles. The van der Waals surface area contributed by atoms with Gasteiger partial charge in [-0.1, -0.05) is 59.3 Å². The summed E-state index contributed by atoms with van der Waals surface area (Å²) >= 11 is 9.01. The molecule has 0 aliphatic heterocycles. The molecular formula is C22H22ClN5O3S2. The van der Waals surface area contributed by atoms with Crippen LogP contribution in [0.5, 0.6) is 0 Å². The molecule has 0 radical (unpaired) electrons. The summed E-state index contributed by atoms with van der Waals surface area (Å²) in [5, 5.41) is 22.9. The van der Waals surface area contributed by atoms with E-state index in [0.717, 1.165) is 11.6 Å². The molecule has 1 N–H and O–H groups in total. The van der Waals surface area contributed by atoms with Crippen LogP contribution in [0, 0.1) is 17.0 Å².